The molecule has 7 heteroatoms. The first kappa shape index (κ1) is 18.4. The van der Waals surface area contributed by atoms with Crippen molar-refractivity contribution in [2.24, 2.45) is 0 Å². The Labute approximate surface area is 144 Å². The maximum absolute atomic E-state index is 12.5. The molecule has 25 heavy (non-hydrogen) atoms. The third-order valence-corrected chi connectivity index (χ3v) is 3.68. The number of halogens is 2. The molecule has 0 aliphatic rings. The normalized spacial score (nSPS) is 11.8. The first-order valence-electron chi connectivity index (χ1n) is 7.64. The molecule has 132 valence electrons. The molecule has 0 heterocycles. The standard InChI is InChI=1S/C18H19F2N3O2/c1-11-9-12(7-8-14(11)21)10-22-17(24)15(23-18(25)16(19)20)13-5-3-2-4-6-13/h2-9,15-16H,10,21H2,1H3,(H,22,24)(H,23,25). The highest BCUT2D eigenvalue weighted by Gasteiger charge is 2.26. The number of nitrogen functional groups attached to an aromatic ring is 1. The molecule has 2 amide bonds. The first-order chi connectivity index (χ1) is 11.9. The average Bonchev–Trinajstić information content (AvgIpc) is 2.60. The number of hydrogen-bond acceptors (Lipinski definition) is 3. The molecule has 0 saturated carbocycles. The molecule has 1 atom stereocenters. The molecule has 1 unspecified atom stereocenters. The van der Waals surface area contributed by atoms with Gasteiger partial charge in [-0.15, -0.1) is 0 Å². The van der Waals surface area contributed by atoms with E-state index < -0.39 is 24.3 Å². The summed E-state index contributed by atoms with van der Waals surface area (Å²) in [6, 6.07) is 12.3. The monoisotopic (exact) mass is 347 g/mol. The van der Waals surface area contributed by atoms with Gasteiger partial charge in [-0.05, 0) is 29.7 Å². The van der Waals surface area contributed by atoms with Crippen LogP contribution >= 0.6 is 0 Å². The zero-order valence-corrected chi connectivity index (χ0v) is 13.6. The van der Waals surface area contributed by atoms with Crippen molar-refractivity contribution in [2.75, 3.05) is 5.73 Å². The lowest BCUT2D eigenvalue weighted by Gasteiger charge is -2.19. The number of nitrogens with one attached hydrogen (secondary N) is 2. The molecule has 4 N–H and O–H groups in total. The van der Waals surface area contributed by atoms with Gasteiger partial charge >= 0.3 is 6.43 Å². The van der Waals surface area contributed by atoms with Crippen LogP contribution in [0, 0.1) is 6.92 Å². The number of carbonyl (C=O) groups excluding carboxylic acids is 2. The van der Waals surface area contributed by atoms with Gasteiger partial charge in [0.2, 0.25) is 5.91 Å². The van der Waals surface area contributed by atoms with Crippen LogP contribution in [-0.4, -0.2) is 18.2 Å². The number of nitrogens with two attached hydrogens (primary N) is 1. The fraction of sp³-hybridized carbons (Fsp3) is 0.222. The number of rotatable bonds is 6. The van der Waals surface area contributed by atoms with Crippen LogP contribution in [0.3, 0.4) is 0 Å². The Hall–Kier alpha value is -2.96. The molecule has 0 bridgehead atoms. The van der Waals surface area contributed by atoms with Crippen molar-refractivity contribution in [1.82, 2.24) is 10.6 Å². The molecular weight excluding hydrogens is 328 g/mol. The predicted octanol–water partition coefficient (Wildman–Crippen LogP) is 2.32. The Morgan fingerprint density at radius 2 is 1.76 bits per heavy atom. The lowest BCUT2D eigenvalue weighted by molar-refractivity contribution is -0.136. The molecule has 2 rings (SSSR count). The van der Waals surface area contributed by atoms with Crippen molar-refractivity contribution < 1.29 is 18.4 Å². The van der Waals surface area contributed by atoms with Crippen LogP contribution in [0.1, 0.15) is 22.7 Å². The van der Waals surface area contributed by atoms with E-state index in [4.69, 9.17) is 5.73 Å². The van der Waals surface area contributed by atoms with E-state index in [9.17, 15) is 18.4 Å². The maximum Gasteiger partial charge on any atom is 0.315 e. The molecular formula is C18H19F2N3O2. The van der Waals surface area contributed by atoms with Crippen LogP contribution in [0.2, 0.25) is 0 Å². The van der Waals surface area contributed by atoms with Crippen LogP contribution in [0.4, 0.5) is 14.5 Å². The Balaban J connectivity index is 2.11. The number of hydrogen-bond donors (Lipinski definition) is 3. The van der Waals surface area contributed by atoms with Crippen LogP contribution < -0.4 is 16.4 Å². The predicted molar refractivity (Wildman–Crippen MR) is 90.8 cm³/mol. The summed E-state index contributed by atoms with van der Waals surface area (Å²) in [5.41, 5.74) is 8.49. The van der Waals surface area contributed by atoms with E-state index in [2.05, 4.69) is 10.6 Å². The molecule has 5 nitrogen and oxygen atoms in total. The van der Waals surface area contributed by atoms with E-state index in [1.165, 1.54) is 0 Å². The largest absolute Gasteiger partial charge is 0.399 e. The Kier molecular flexibility index (Phi) is 6.05. The summed E-state index contributed by atoms with van der Waals surface area (Å²) >= 11 is 0. The second-order valence-corrected chi connectivity index (χ2v) is 5.56. The van der Waals surface area contributed by atoms with Gasteiger partial charge in [-0.25, -0.2) is 0 Å². The highest BCUT2D eigenvalue weighted by molar-refractivity contribution is 5.89. The zero-order chi connectivity index (χ0) is 18.4. The molecule has 0 saturated heterocycles. The Morgan fingerprint density at radius 1 is 1.08 bits per heavy atom. The fourth-order valence-corrected chi connectivity index (χ4v) is 2.29. The van der Waals surface area contributed by atoms with E-state index in [-0.39, 0.29) is 6.54 Å². The zero-order valence-electron chi connectivity index (χ0n) is 13.6. The summed E-state index contributed by atoms with van der Waals surface area (Å²) < 4.78 is 25.1. The minimum Gasteiger partial charge on any atom is -0.399 e. The van der Waals surface area contributed by atoms with Crippen molar-refractivity contribution in [3.8, 4) is 0 Å². The van der Waals surface area contributed by atoms with Gasteiger partial charge < -0.3 is 16.4 Å². The van der Waals surface area contributed by atoms with Crippen molar-refractivity contribution in [3.63, 3.8) is 0 Å². The van der Waals surface area contributed by atoms with E-state index in [1.54, 1.807) is 42.5 Å². The van der Waals surface area contributed by atoms with Gasteiger partial charge in [0.1, 0.15) is 6.04 Å². The second-order valence-electron chi connectivity index (χ2n) is 5.56. The number of aryl methyl sites for hydroxylation is 1. The van der Waals surface area contributed by atoms with Crippen LogP contribution in [0.5, 0.6) is 0 Å². The summed E-state index contributed by atoms with van der Waals surface area (Å²) in [5.74, 6) is -2.07. The molecule has 0 fully saturated rings. The smallest absolute Gasteiger partial charge is 0.315 e. The van der Waals surface area contributed by atoms with Gasteiger partial charge in [0, 0.05) is 12.2 Å². The van der Waals surface area contributed by atoms with Crippen molar-refractivity contribution in [3.05, 3.63) is 65.2 Å². The molecule has 0 aliphatic carbocycles. The van der Waals surface area contributed by atoms with Gasteiger partial charge in [0.25, 0.3) is 5.91 Å². The summed E-state index contributed by atoms with van der Waals surface area (Å²) in [6.07, 6.45) is -3.20. The first-order valence-corrected chi connectivity index (χ1v) is 7.64. The number of anilines is 1. The SMILES string of the molecule is Cc1cc(CNC(=O)C(NC(=O)C(F)F)c2ccccc2)ccc1N. The third-order valence-electron chi connectivity index (χ3n) is 3.68. The van der Waals surface area contributed by atoms with Crippen molar-refractivity contribution in [1.29, 1.82) is 0 Å². The summed E-state index contributed by atoms with van der Waals surface area (Å²) in [5, 5.41) is 4.72. The van der Waals surface area contributed by atoms with Gasteiger partial charge in [0.05, 0.1) is 0 Å². The minimum absolute atomic E-state index is 0.188. The van der Waals surface area contributed by atoms with E-state index >= 15 is 0 Å². The van der Waals surface area contributed by atoms with Crippen LogP contribution in [0.25, 0.3) is 0 Å². The molecule has 2 aromatic rings. The number of amides is 2. The van der Waals surface area contributed by atoms with E-state index in [0.29, 0.717) is 11.3 Å². The van der Waals surface area contributed by atoms with Gasteiger partial charge in [-0.3, -0.25) is 9.59 Å². The number of alkyl halides is 2. The Bertz CT molecular complexity index is 751. The minimum atomic E-state index is -3.20. The molecule has 0 aliphatic heterocycles. The highest BCUT2D eigenvalue weighted by Crippen LogP contribution is 2.15. The van der Waals surface area contributed by atoms with Crippen LogP contribution in [0.15, 0.2) is 48.5 Å². The summed E-state index contributed by atoms with van der Waals surface area (Å²) in [4.78, 5) is 23.8. The number of carbonyl (C=O) groups is 2. The second kappa shape index (κ2) is 8.23. The molecule has 0 aromatic heterocycles. The lowest BCUT2D eigenvalue weighted by atomic mass is 10.1. The summed E-state index contributed by atoms with van der Waals surface area (Å²) in [6.45, 7) is 2.03. The number of benzene rings is 2. The maximum atomic E-state index is 12.5. The molecule has 2 aromatic carbocycles. The van der Waals surface area contributed by atoms with Crippen LogP contribution in [-0.2, 0) is 16.1 Å². The quantitative estimate of drug-likeness (QED) is 0.701. The van der Waals surface area contributed by atoms with Gasteiger partial charge in [-0.1, -0.05) is 42.5 Å². The third kappa shape index (κ3) is 5.00. The van der Waals surface area contributed by atoms with Crippen molar-refractivity contribution >= 4 is 17.5 Å². The highest BCUT2D eigenvalue weighted by atomic mass is 19.3. The van der Waals surface area contributed by atoms with E-state index in [0.717, 1.165) is 11.1 Å². The molecule has 0 spiro atoms. The lowest BCUT2D eigenvalue weighted by Crippen LogP contribution is -2.42. The Morgan fingerprint density at radius 3 is 2.36 bits per heavy atom. The topological polar surface area (TPSA) is 84.2 Å². The average molecular weight is 347 g/mol. The van der Waals surface area contributed by atoms with Gasteiger partial charge in [-0.2, -0.15) is 8.78 Å². The van der Waals surface area contributed by atoms with E-state index in [1.807, 2.05) is 13.0 Å². The summed E-state index contributed by atoms with van der Waals surface area (Å²) in [7, 11) is 0. The fourth-order valence-electron chi connectivity index (χ4n) is 2.29. The van der Waals surface area contributed by atoms with Gasteiger partial charge in [0.15, 0.2) is 0 Å². The molecule has 0 radical (unpaired) electrons. The van der Waals surface area contributed by atoms with Crippen molar-refractivity contribution in [2.45, 2.75) is 25.9 Å².